The Bertz CT molecular complexity index is 604. The van der Waals surface area contributed by atoms with Gasteiger partial charge in [-0.3, -0.25) is 0 Å². The Morgan fingerprint density at radius 1 is 1.10 bits per heavy atom. The van der Waals surface area contributed by atoms with Crippen molar-refractivity contribution < 1.29 is 9.50 Å². The summed E-state index contributed by atoms with van der Waals surface area (Å²) < 4.78 is 13.5. The monoisotopic (exact) mass is 327 g/mol. The number of aliphatic hydroxyl groups excluding tert-OH is 1. The van der Waals surface area contributed by atoms with Crippen LogP contribution in [0.25, 0.3) is 0 Å². The number of halogens is 3. The molecule has 0 fully saturated rings. The molecule has 21 heavy (non-hydrogen) atoms. The first kappa shape index (κ1) is 16.2. The van der Waals surface area contributed by atoms with Crippen molar-refractivity contribution >= 4 is 23.2 Å². The van der Waals surface area contributed by atoms with E-state index in [9.17, 15) is 9.50 Å². The molecule has 5 heteroatoms. The maximum atomic E-state index is 13.5. The Labute approximate surface area is 133 Å². The van der Waals surface area contributed by atoms with E-state index in [0.29, 0.717) is 10.6 Å². The second-order valence-corrected chi connectivity index (χ2v) is 5.69. The van der Waals surface area contributed by atoms with Gasteiger partial charge in [-0.25, -0.2) is 4.39 Å². The van der Waals surface area contributed by atoms with Crippen LogP contribution >= 0.6 is 23.2 Å². The van der Waals surface area contributed by atoms with Gasteiger partial charge in [-0.05, 0) is 42.3 Å². The third-order valence-electron chi connectivity index (χ3n) is 3.35. The van der Waals surface area contributed by atoms with Crippen molar-refractivity contribution in [2.45, 2.75) is 19.0 Å². The maximum Gasteiger partial charge on any atom is 0.142 e. The summed E-state index contributed by atoms with van der Waals surface area (Å²) in [5.41, 5.74) is 1.69. The summed E-state index contributed by atoms with van der Waals surface area (Å²) in [5, 5.41) is 13.5. The standard InChI is InChI=1S/C16H16Cl2FNO/c1-10(11-2-5-13(17)6-3-11)20-16(9-21)12-4-7-14(18)15(19)8-12/h2-8,10,16,20-21H,9H2,1H3. The van der Waals surface area contributed by atoms with E-state index in [2.05, 4.69) is 5.32 Å². The summed E-state index contributed by atoms with van der Waals surface area (Å²) in [7, 11) is 0. The smallest absolute Gasteiger partial charge is 0.142 e. The van der Waals surface area contributed by atoms with E-state index < -0.39 is 5.82 Å². The van der Waals surface area contributed by atoms with Crippen molar-refractivity contribution in [1.29, 1.82) is 0 Å². The molecule has 0 bridgehead atoms. The van der Waals surface area contributed by atoms with Crippen LogP contribution in [0.1, 0.15) is 30.1 Å². The average molecular weight is 328 g/mol. The van der Waals surface area contributed by atoms with E-state index in [4.69, 9.17) is 23.2 Å². The first-order valence-corrected chi connectivity index (χ1v) is 7.34. The fourth-order valence-corrected chi connectivity index (χ4v) is 2.38. The highest BCUT2D eigenvalue weighted by atomic mass is 35.5. The fraction of sp³-hybridized carbons (Fsp3) is 0.250. The Hall–Kier alpha value is -1.13. The van der Waals surface area contributed by atoms with Crippen molar-refractivity contribution in [3.63, 3.8) is 0 Å². The van der Waals surface area contributed by atoms with Gasteiger partial charge in [-0.2, -0.15) is 0 Å². The Morgan fingerprint density at radius 2 is 1.71 bits per heavy atom. The van der Waals surface area contributed by atoms with Gasteiger partial charge in [-0.1, -0.05) is 41.4 Å². The summed E-state index contributed by atoms with van der Waals surface area (Å²) in [5.74, 6) is -0.492. The second kappa shape index (κ2) is 7.23. The summed E-state index contributed by atoms with van der Waals surface area (Å²) >= 11 is 11.5. The fourth-order valence-electron chi connectivity index (χ4n) is 2.13. The molecule has 2 unspecified atom stereocenters. The van der Waals surface area contributed by atoms with Gasteiger partial charge in [0.25, 0.3) is 0 Å². The minimum absolute atomic E-state index is 0.0156. The first-order chi connectivity index (χ1) is 10.0. The zero-order chi connectivity index (χ0) is 15.4. The lowest BCUT2D eigenvalue weighted by molar-refractivity contribution is 0.235. The number of benzene rings is 2. The van der Waals surface area contributed by atoms with E-state index in [1.807, 2.05) is 31.2 Å². The summed E-state index contributed by atoms with van der Waals surface area (Å²) in [6.07, 6.45) is 0. The summed E-state index contributed by atoms with van der Waals surface area (Å²) in [4.78, 5) is 0. The molecule has 112 valence electrons. The van der Waals surface area contributed by atoms with Gasteiger partial charge in [-0.15, -0.1) is 0 Å². The molecule has 0 radical (unpaired) electrons. The van der Waals surface area contributed by atoms with Gasteiger partial charge in [0.05, 0.1) is 17.7 Å². The molecule has 2 aromatic rings. The number of rotatable bonds is 5. The van der Waals surface area contributed by atoms with Crippen LogP contribution in [0.3, 0.4) is 0 Å². The lowest BCUT2D eigenvalue weighted by atomic mass is 10.0. The minimum atomic E-state index is -0.492. The largest absolute Gasteiger partial charge is 0.394 e. The van der Waals surface area contributed by atoms with Crippen LogP contribution < -0.4 is 5.32 Å². The Kier molecular flexibility index (Phi) is 5.59. The molecule has 0 heterocycles. The van der Waals surface area contributed by atoms with Crippen LogP contribution in [-0.4, -0.2) is 11.7 Å². The summed E-state index contributed by atoms with van der Waals surface area (Å²) in [6.45, 7) is 1.83. The highest BCUT2D eigenvalue weighted by Crippen LogP contribution is 2.23. The third-order valence-corrected chi connectivity index (χ3v) is 3.91. The molecule has 2 N–H and O–H groups in total. The Morgan fingerprint density at radius 3 is 2.29 bits per heavy atom. The van der Waals surface area contributed by atoms with Crippen molar-refractivity contribution in [3.8, 4) is 0 Å². The molecule has 2 nitrogen and oxygen atoms in total. The quantitative estimate of drug-likeness (QED) is 0.846. The van der Waals surface area contributed by atoms with Gasteiger partial charge in [0.1, 0.15) is 5.82 Å². The molecule has 0 aliphatic heterocycles. The van der Waals surface area contributed by atoms with E-state index in [1.54, 1.807) is 6.07 Å². The topological polar surface area (TPSA) is 32.3 Å². The highest BCUT2D eigenvalue weighted by molar-refractivity contribution is 6.30. The zero-order valence-electron chi connectivity index (χ0n) is 11.5. The molecule has 2 atom stereocenters. The molecule has 0 spiro atoms. The highest BCUT2D eigenvalue weighted by Gasteiger charge is 2.16. The van der Waals surface area contributed by atoms with Crippen LogP contribution in [-0.2, 0) is 0 Å². The molecule has 0 aliphatic carbocycles. The SMILES string of the molecule is CC(NC(CO)c1ccc(Cl)c(F)c1)c1ccc(Cl)cc1. The lowest BCUT2D eigenvalue weighted by Gasteiger charge is -2.22. The van der Waals surface area contributed by atoms with Gasteiger partial charge in [0.2, 0.25) is 0 Å². The molecule has 2 rings (SSSR count). The molecule has 0 amide bonds. The second-order valence-electron chi connectivity index (χ2n) is 4.85. The van der Waals surface area contributed by atoms with Crippen molar-refractivity contribution in [3.05, 3.63) is 69.5 Å². The van der Waals surface area contributed by atoms with Crippen LogP contribution in [0.2, 0.25) is 10.0 Å². The van der Waals surface area contributed by atoms with E-state index in [0.717, 1.165) is 5.56 Å². The molecule has 0 saturated carbocycles. The van der Waals surface area contributed by atoms with E-state index in [-0.39, 0.29) is 23.7 Å². The predicted octanol–water partition coefficient (Wildman–Crippen LogP) is 4.52. The van der Waals surface area contributed by atoms with Gasteiger partial charge in [0.15, 0.2) is 0 Å². The van der Waals surface area contributed by atoms with Crippen molar-refractivity contribution in [1.82, 2.24) is 5.32 Å². The molecule has 2 aromatic carbocycles. The normalized spacial score (nSPS) is 14.0. The third kappa shape index (κ3) is 4.17. The van der Waals surface area contributed by atoms with Gasteiger partial charge >= 0.3 is 0 Å². The number of hydrogen-bond donors (Lipinski definition) is 2. The van der Waals surface area contributed by atoms with E-state index in [1.165, 1.54) is 12.1 Å². The minimum Gasteiger partial charge on any atom is -0.394 e. The van der Waals surface area contributed by atoms with Crippen LogP contribution in [0.4, 0.5) is 4.39 Å². The zero-order valence-corrected chi connectivity index (χ0v) is 13.0. The Balaban J connectivity index is 2.14. The molecule has 0 aliphatic rings. The average Bonchev–Trinajstić information content (AvgIpc) is 2.48. The van der Waals surface area contributed by atoms with Gasteiger partial charge < -0.3 is 10.4 Å². The van der Waals surface area contributed by atoms with Crippen LogP contribution in [0.5, 0.6) is 0 Å². The number of aliphatic hydroxyl groups is 1. The molecular formula is C16H16Cl2FNO. The van der Waals surface area contributed by atoms with Crippen molar-refractivity contribution in [2.24, 2.45) is 0 Å². The van der Waals surface area contributed by atoms with Crippen molar-refractivity contribution in [2.75, 3.05) is 6.61 Å². The maximum absolute atomic E-state index is 13.5. The molecule has 0 saturated heterocycles. The predicted molar refractivity (Wildman–Crippen MR) is 84.2 cm³/mol. The van der Waals surface area contributed by atoms with Gasteiger partial charge in [0, 0.05) is 11.1 Å². The first-order valence-electron chi connectivity index (χ1n) is 6.58. The molecule has 0 aromatic heterocycles. The molecular weight excluding hydrogens is 312 g/mol. The number of nitrogens with one attached hydrogen (secondary N) is 1. The van der Waals surface area contributed by atoms with Crippen LogP contribution in [0.15, 0.2) is 42.5 Å². The lowest BCUT2D eigenvalue weighted by Crippen LogP contribution is -2.27. The van der Waals surface area contributed by atoms with Crippen LogP contribution in [0, 0.1) is 5.82 Å². The summed E-state index contributed by atoms with van der Waals surface area (Å²) in [6, 6.07) is 11.6. The number of hydrogen-bond acceptors (Lipinski definition) is 2. The van der Waals surface area contributed by atoms with E-state index >= 15 is 0 Å².